The molecule has 28 heavy (non-hydrogen) atoms. The van der Waals surface area contributed by atoms with Crippen molar-refractivity contribution in [3.8, 4) is 5.75 Å². The van der Waals surface area contributed by atoms with Gasteiger partial charge in [-0.15, -0.1) is 0 Å². The Kier molecular flexibility index (Phi) is 4.31. The number of amides is 1. The number of pyridine rings is 1. The molecule has 2 aliphatic rings. The highest BCUT2D eigenvalue weighted by Crippen LogP contribution is 2.28. The fourth-order valence-electron chi connectivity index (χ4n) is 4.15. The van der Waals surface area contributed by atoms with E-state index in [1.54, 1.807) is 12.4 Å². The van der Waals surface area contributed by atoms with Crippen molar-refractivity contribution in [3.05, 3.63) is 71.3 Å². The maximum absolute atomic E-state index is 12.8. The summed E-state index contributed by atoms with van der Waals surface area (Å²) in [6.45, 7) is 0.645. The maximum Gasteiger partial charge on any atom is 0.276 e. The van der Waals surface area contributed by atoms with Gasteiger partial charge in [0.15, 0.2) is 5.69 Å². The minimum atomic E-state index is -0.146. The van der Waals surface area contributed by atoms with Gasteiger partial charge in [-0.2, -0.15) is 5.10 Å². The van der Waals surface area contributed by atoms with E-state index < -0.39 is 0 Å². The number of aryl methyl sites for hydroxylation is 1. The van der Waals surface area contributed by atoms with Crippen LogP contribution < -0.4 is 10.1 Å². The summed E-state index contributed by atoms with van der Waals surface area (Å²) in [7, 11) is 0. The third-order valence-electron chi connectivity index (χ3n) is 5.51. The minimum absolute atomic E-state index is 0.0307. The SMILES string of the molecule is O=C(Nc1cccc2c1CCCC2)c1cc2n(n1)C[C@@H](Oc1ccncc1)C2. The average Bonchev–Trinajstić information content (AvgIpc) is 3.28. The van der Waals surface area contributed by atoms with Crippen LogP contribution in [0.1, 0.15) is 40.2 Å². The van der Waals surface area contributed by atoms with Gasteiger partial charge < -0.3 is 10.1 Å². The van der Waals surface area contributed by atoms with Gasteiger partial charge in [0, 0.05) is 30.2 Å². The summed E-state index contributed by atoms with van der Waals surface area (Å²) in [6.07, 6.45) is 8.72. The Balaban J connectivity index is 1.27. The summed E-state index contributed by atoms with van der Waals surface area (Å²) >= 11 is 0. The van der Waals surface area contributed by atoms with Crippen LogP contribution >= 0.6 is 0 Å². The van der Waals surface area contributed by atoms with E-state index in [-0.39, 0.29) is 12.0 Å². The Labute approximate surface area is 163 Å². The molecule has 1 aliphatic heterocycles. The Morgan fingerprint density at radius 2 is 2.00 bits per heavy atom. The normalized spacial score (nSPS) is 17.6. The second-order valence-corrected chi connectivity index (χ2v) is 7.43. The number of nitrogens with zero attached hydrogens (tertiary/aromatic N) is 3. The number of nitrogens with one attached hydrogen (secondary N) is 1. The molecule has 0 saturated carbocycles. The molecule has 0 radical (unpaired) electrons. The third kappa shape index (κ3) is 3.26. The molecular weight excluding hydrogens is 352 g/mol. The van der Waals surface area contributed by atoms with Gasteiger partial charge in [0.2, 0.25) is 0 Å². The first-order chi connectivity index (χ1) is 13.8. The van der Waals surface area contributed by atoms with Gasteiger partial charge in [0.1, 0.15) is 11.9 Å². The van der Waals surface area contributed by atoms with Crippen LogP contribution in [0.15, 0.2) is 48.8 Å². The molecule has 0 fully saturated rings. The maximum atomic E-state index is 12.8. The van der Waals surface area contributed by atoms with Crippen LogP contribution in [0.2, 0.25) is 0 Å². The molecule has 6 nitrogen and oxygen atoms in total. The first-order valence-electron chi connectivity index (χ1n) is 9.82. The van der Waals surface area contributed by atoms with Crippen LogP contribution in [0, 0.1) is 0 Å². The first-order valence-corrected chi connectivity index (χ1v) is 9.82. The van der Waals surface area contributed by atoms with E-state index in [4.69, 9.17) is 4.74 Å². The number of fused-ring (bicyclic) bond motifs is 2. The van der Waals surface area contributed by atoms with E-state index in [1.165, 1.54) is 24.0 Å². The van der Waals surface area contributed by atoms with E-state index in [9.17, 15) is 4.79 Å². The van der Waals surface area contributed by atoms with E-state index in [0.29, 0.717) is 12.2 Å². The molecule has 142 valence electrons. The third-order valence-corrected chi connectivity index (χ3v) is 5.51. The van der Waals surface area contributed by atoms with Crippen molar-refractivity contribution in [2.24, 2.45) is 0 Å². The summed E-state index contributed by atoms with van der Waals surface area (Å²) in [6, 6.07) is 11.7. The Hall–Kier alpha value is -3.15. The van der Waals surface area contributed by atoms with E-state index in [2.05, 4.69) is 21.5 Å². The van der Waals surface area contributed by atoms with Crippen molar-refractivity contribution in [1.82, 2.24) is 14.8 Å². The van der Waals surface area contributed by atoms with Crippen molar-refractivity contribution < 1.29 is 9.53 Å². The fraction of sp³-hybridized carbons (Fsp3) is 0.318. The fourth-order valence-corrected chi connectivity index (χ4v) is 4.15. The first kappa shape index (κ1) is 17.0. The van der Waals surface area contributed by atoms with Crippen molar-refractivity contribution in [2.45, 2.75) is 44.8 Å². The molecule has 1 atom stereocenters. The molecule has 0 bridgehead atoms. The number of rotatable bonds is 4. The number of benzene rings is 1. The highest BCUT2D eigenvalue weighted by molar-refractivity contribution is 6.03. The number of aromatic nitrogens is 3. The summed E-state index contributed by atoms with van der Waals surface area (Å²) in [4.78, 5) is 16.8. The molecule has 1 N–H and O–H groups in total. The Morgan fingerprint density at radius 1 is 1.14 bits per heavy atom. The van der Waals surface area contributed by atoms with Crippen LogP contribution in [0.4, 0.5) is 5.69 Å². The predicted molar refractivity (Wildman–Crippen MR) is 106 cm³/mol. The molecule has 1 aromatic carbocycles. The smallest absolute Gasteiger partial charge is 0.276 e. The molecule has 3 heterocycles. The van der Waals surface area contributed by atoms with Crippen LogP contribution in [0.25, 0.3) is 0 Å². The minimum Gasteiger partial charge on any atom is -0.488 e. The lowest BCUT2D eigenvalue weighted by atomic mass is 9.90. The molecule has 6 heteroatoms. The topological polar surface area (TPSA) is 69.0 Å². The lowest BCUT2D eigenvalue weighted by Gasteiger charge is -2.19. The van der Waals surface area contributed by atoms with E-state index in [1.807, 2.05) is 35.0 Å². The monoisotopic (exact) mass is 374 g/mol. The van der Waals surface area contributed by atoms with Crippen LogP contribution in [-0.2, 0) is 25.8 Å². The highest BCUT2D eigenvalue weighted by Gasteiger charge is 2.27. The molecule has 1 aliphatic carbocycles. The molecule has 2 aromatic heterocycles. The predicted octanol–water partition coefficient (Wildman–Crippen LogP) is 3.41. The van der Waals surface area contributed by atoms with Gasteiger partial charge in [-0.05, 0) is 61.1 Å². The lowest BCUT2D eigenvalue weighted by molar-refractivity contribution is 0.102. The number of hydrogen-bond acceptors (Lipinski definition) is 4. The van der Waals surface area contributed by atoms with Crippen molar-refractivity contribution in [3.63, 3.8) is 0 Å². The molecule has 5 rings (SSSR count). The number of anilines is 1. The standard InChI is InChI=1S/C22H22N4O2/c27-22(24-20-7-3-5-15-4-1-2-6-19(15)20)21-13-16-12-18(14-26(16)25-21)28-17-8-10-23-11-9-17/h3,5,7-11,13,18H,1-2,4,6,12,14H2,(H,24,27)/t18-/m0/s1. The zero-order chi connectivity index (χ0) is 18.9. The van der Waals surface area contributed by atoms with E-state index >= 15 is 0 Å². The number of ether oxygens (including phenoxy) is 1. The Morgan fingerprint density at radius 3 is 2.86 bits per heavy atom. The highest BCUT2D eigenvalue weighted by atomic mass is 16.5. The quantitative estimate of drug-likeness (QED) is 0.760. The number of hydrogen-bond donors (Lipinski definition) is 1. The summed E-state index contributed by atoms with van der Waals surface area (Å²) in [5.74, 6) is 0.657. The van der Waals surface area contributed by atoms with Gasteiger partial charge in [-0.25, -0.2) is 0 Å². The van der Waals surface area contributed by atoms with E-state index in [0.717, 1.165) is 36.4 Å². The molecule has 3 aromatic rings. The van der Waals surface area contributed by atoms with Crippen LogP contribution in [0.3, 0.4) is 0 Å². The van der Waals surface area contributed by atoms with Crippen LogP contribution in [-0.4, -0.2) is 26.8 Å². The molecule has 0 spiro atoms. The zero-order valence-electron chi connectivity index (χ0n) is 15.6. The van der Waals surface area contributed by atoms with Crippen molar-refractivity contribution in [2.75, 3.05) is 5.32 Å². The number of carbonyl (C=O) groups excluding carboxylic acids is 1. The lowest BCUT2D eigenvalue weighted by Crippen LogP contribution is -2.20. The van der Waals surface area contributed by atoms with Gasteiger partial charge in [-0.3, -0.25) is 14.5 Å². The molecule has 0 unspecified atom stereocenters. The zero-order valence-corrected chi connectivity index (χ0v) is 15.6. The van der Waals surface area contributed by atoms with Gasteiger partial charge in [0.05, 0.1) is 6.54 Å². The largest absolute Gasteiger partial charge is 0.488 e. The van der Waals surface area contributed by atoms with Crippen molar-refractivity contribution >= 4 is 11.6 Å². The van der Waals surface area contributed by atoms with Gasteiger partial charge in [-0.1, -0.05) is 12.1 Å². The average molecular weight is 374 g/mol. The second kappa shape index (κ2) is 7.11. The number of carbonyl (C=O) groups is 1. The molecule has 0 saturated heterocycles. The van der Waals surface area contributed by atoms with Gasteiger partial charge in [0.25, 0.3) is 5.91 Å². The van der Waals surface area contributed by atoms with Crippen molar-refractivity contribution in [1.29, 1.82) is 0 Å². The summed E-state index contributed by atoms with van der Waals surface area (Å²) in [5.41, 5.74) is 5.05. The summed E-state index contributed by atoms with van der Waals surface area (Å²) in [5, 5.41) is 7.58. The van der Waals surface area contributed by atoms with Crippen LogP contribution in [0.5, 0.6) is 5.75 Å². The second-order valence-electron chi connectivity index (χ2n) is 7.43. The van der Waals surface area contributed by atoms with Gasteiger partial charge >= 0.3 is 0 Å². The molecular formula is C22H22N4O2. The Bertz CT molecular complexity index is 989. The summed E-state index contributed by atoms with van der Waals surface area (Å²) < 4.78 is 7.85. The molecule has 1 amide bonds.